The van der Waals surface area contributed by atoms with Gasteiger partial charge in [0, 0.05) is 24.4 Å². The van der Waals surface area contributed by atoms with Crippen molar-refractivity contribution in [1.29, 1.82) is 0 Å². The first-order chi connectivity index (χ1) is 13.3. The van der Waals surface area contributed by atoms with Crippen molar-refractivity contribution in [2.45, 2.75) is 103 Å². The molecule has 0 aromatic carbocycles. The standard InChI is InChI=1S/C24H39NO2/c1-2-3-4-5-6-7-8-9-10-11-12-13-14-15-16-19-24(26)27-22-23-18-17-20-25-21-23/h13-14,17-18,20-21H,2-12,15-16,19,22H2,1H3/b14-13-. The Bertz CT molecular complexity index is 484. The van der Waals surface area contributed by atoms with Crippen LogP contribution in [0.1, 0.15) is 102 Å². The molecule has 1 rings (SSSR count). The monoisotopic (exact) mass is 373 g/mol. The van der Waals surface area contributed by atoms with Crippen LogP contribution in [-0.4, -0.2) is 11.0 Å². The molecule has 0 amide bonds. The van der Waals surface area contributed by atoms with Gasteiger partial charge in [-0.15, -0.1) is 0 Å². The van der Waals surface area contributed by atoms with E-state index in [1.807, 2.05) is 12.1 Å². The number of hydrogen-bond donors (Lipinski definition) is 0. The maximum atomic E-state index is 11.7. The summed E-state index contributed by atoms with van der Waals surface area (Å²) in [7, 11) is 0. The first kappa shape index (κ1) is 23.4. The van der Waals surface area contributed by atoms with Crippen LogP contribution < -0.4 is 0 Å². The van der Waals surface area contributed by atoms with E-state index in [-0.39, 0.29) is 5.97 Å². The molecule has 27 heavy (non-hydrogen) atoms. The number of pyridine rings is 1. The first-order valence-corrected chi connectivity index (χ1v) is 11.0. The molecule has 1 aromatic rings. The van der Waals surface area contributed by atoms with E-state index in [2.05, 4.69) is 24.1 Å². The second kappa shape index (κ2) is 17.8. The summed E-state index contributed by atoms with van der Waals surface area (Å²) in [6.07, 6.45) is 25.2. The molecule has 0 radical (unpaired) electrons. The summed E-state index contributed by atoms with van der Waals surface area (Å²) in [5.41, 5.74) is 0.933. The van der Waals surface area contributed by atoms with Crippen LogP contribution >= 0.6 is 0 Å². The average molecular weight is 374 g/mol. The zero-order valence-corrected chi connectivity index (χ0v) is 17.3. The smallest absolute Gasteiger partial charge is 0.306 e. The predicted molar refractivity (Wildman–Crippen MR) is 113 cm³/mol. The number of unbranched alkanes of at least 4 members (excludes halogenated alkanes) is 11. The topological polar surface area (TPSA) is 39.2 Å². The minimum atomic E-state index is -0.123. The van der Waals surface area contributed by atoms with Gasteiger partial charge in [-0.1, -0.05) is 82.9 Å². The minimum Gasteiger partial charge on any atom is -0.461 e. The lowest BCUT2D eigenvalue weighted by Gasteiger charge is -2.03. The highest BCUT2D eigenvalue weighted by Gasteiger charge is 2.02. The lowest BCUT2D eigenvalue weighted by Crippen LogP contribution is -2.04. The van der Waals surface area contributed by atoms with Crippen molar-refractivity contribution in [2.75, 3.05) is 0 Å². The van der Waals surface area contributed by atoms with Crippen molar-refractivity contribution >= 4 is 5.97 Å². The fraction of sp³-hybridized carbons (Fsp3) is 0.667. The highest BCUT2D eigenvalue weighted by molar-refractivity contribution is 5.69. The fourth-order valence-electron chi connectivity index (χ4n) is 3.07. The predicted octanol–water partition coefficient (Wildman–Crippen LogP) is 7.16. The van der Waals surface area contributed by atoms with Gasteiger partial charge in [0.1, 0.15) is 6.61 Å². The zero-order chi connectivity index (χ0) is 19.4. The first-order valence-electron chi connectivity index (χ1n) is 11.0. The maximum absolute atomic E-state index is 11.7. The fourth-order valence-corrected chi connectivity index (χ4v) is 3.07. The lowest BCUT2D eigenvalue weighted by atomic mass is 10.1. The second-order valence-corrected chi connectivity index (χ2v) is 7.36. The highest BCUT2D eigenvalue weighted by Crippen LogP contribution is 2.11. The van der Waals surface area contributed by atoms with E-state index in [0.29, 0.717) is 13.0 Å². The van der Waals surface area contributed by atoms with Gasteiger partial charge >= 0.3 is 5.97 Å². The van der Waals surface area contributed by atoms with E-state index < -0.39 is 0 Å². The molecule has 0 fully saturated rings. The third kappa shape index (κ3) is 15.1. The SMILES string of the molecule is CCCCCCCCCCCC/C=C\CCCC(=O)OCc1cccnc1. The van der Waals surface area contributed by atoms with Gasteiger partial charge in [0.05, 0.1) is 0 Å². The van der Waals surface area contributed by atoms with Crippen LogP contribution in [0.4, 0.5) is 0 Å². The van der Waals surface area contributed by atoms with E-state index in [4.69, 9.17) is 4.74 Å². The van der Waals surface area contributed by atoms with E-state index in [1.165, 1.54) is 70.6 Å². The Morgan fingerprint density at radius 3 is 2.19 bits per heavy atom. The molecule has 152 valence electrons. The highest BCUT2D eigenvalue weighted by atomic mass is 16.5. The van der Waals surface area contributed by atoms with Crippen molar-refractivity contribution in [3.63, 3.8) is 0 Å². The van der Waals surface area contributed by atoms with E-state index in [0.717, 1.165) is 18.4 Å². The molecule has 3 nitrogen and oxygen atoms in total. The molecule has 0 saturated carbocycles. The maximum Gasteiger partial charge on any atom is 0.306 e. The molecule has 3 heteroatoms. The number of carbonyl (C=O) groups is 1. The van der Waals surface area contributed by atoms with Gasteiger partial charge in [0.2, 0.25) is 0 Å². The Hall–Kier alpha value is -1.64. The van der Waals surface area contributed by atoms with Gasteiger partial charge in [-0.2, -0.15) is 0 Å². The third-order valence-corrected chi connectivity index (χ3v) is 4.77. The molecule has 0 spiro atoms. The Morgan fingerprint density at radius 1 is 0.926 bits per heavy atom. The summed E-state index contributed by atoms with van der Waals surface area (Å²) in [6.45, 7) is 2.59. The third-order valence-electron chi connectivity index (χ3n) is 4.77. The van der Waals surface area contributed by atoms with E-state index >= 15 is 0 Å². The van der Waals surface area contributed by atoms with Gasteiger partial charge in [-0.05, 0) is 31.7 Å². The normalized spacial score (nSPS) is 11.1. The lowest BCUT2D eigenvalue weighted by molar-refractivity contribution is -0.145. The van der Waals surface area contributed by atoms with E-state index in [1.54, 1.807) is 12.4 Å². The summed E-state index contributed by atoms with van der Waals surface area (Å²) in [5, 5.41) is 0. The van der Waals surface area contributed by atoms with Crippen LogP contribution in [-0.2, 0) is 16.1 Å². The van der Waals surface area contributed by atoms with Crippen LogP contribution in [0.3, 0.4) is 0 Å². The molecule has 0 aliphatic heterocycles. The minimum absolute atomic E-state index is 0.123. The molecule has 0 N–H and O–H groups in total. The number of hydrogen-bond acceptors (Lipinski definition) is 3. The summed E-state index contributed by atoms with van der Waals surface area (Å²) < 4.78 is 5.24. The quantitative estimate of drug-likeness (QED) is 0.165. The molecule has 1 aromatic heterocycles. The molecule has 0 unspecified atom stereocenters. The van der Waals surface area contributed by atoms with Crippen molar-refractivity contribution in [3.8, 4) is 0 Å². The molecular formula is C24H39NO2. The Labute approximate surface area is 166 Å². The van der Waals surface area contributed by atoms with Crippen LogP contribution in [0.2, 0.25) is 0 Å². The summed E-state index contributed by atoms with van der Waals surface area (Å²) in [5.74, 6) is -0.123. The largest absolute Gasteiger partial charge is 0.461 e. The van der Waals surface area contributed by atoms with Gasteiger partial charge in [0.15, 0.2) is 0 Å². The average Bonchev–Trinajstić information content (AvgIpc) is 2.70. The molecule has 1 heterocycles. The summed E-state index contributed by atoms with van der Waals surface area (Å²) >= 11 is 0. The molecule has 0 aliphatic rings. The number of aromatic nitrogens is 1. The second-order valence-electron chi connectivity index (χ2n) is 7.36. The van der Waals surface area contributed by atoms with Crippen LogP contribution in [0.25, 0.3) is 0 Å². The van der Waals surface area contributed by atoms with Gasteiger partial charge in [0.25, 0.3) is 0 Å². The van der Waals surface area contributed by atoms with Crippen molar-refractivity contribution in [1.82, 2.24) is 4.98 Å². The number of ether oxygens (including phenoxy) is 1. The van der Waals surface area contributed by atoms with Crippen LogP contribution in [0, 0.1) is 0 Å². The van der Waals surface area contributed by atoms with Crippen LogP contribution in [0.5, 0.6) is 0 Å². The Balaban J connectivity index is 1.83. The number of carbonyl (C=O) groups excluding carboxylic acids is 1. The van der Waals surface area contributed by atoms with Crippen molar-refractivity contribution in [3.05, 3.63) is 42.2 Å². The zero-order valence-electron chi connectivity index (χ0n) is 17.3. The molecule has 0 bridgehead atoms. The van der Waals surface area contributed by atoms with Crippen molar-refractivity contribution in [2.24, 2.45) is 0 Å². The van der Waals surface area contributed by atoms with Gasteiger partial charge in [-0.3, -0.25) is 9.78 Å². The molecular weight excluding hydrogens is 334 g/mol. The molecule has 0 saturated heterocycles. The van der Waals surface area contributed by atoms with Crippen molar-refractivity contribution < 1.29 is 9.53 Å². The van der Waals surface area contributed by atoms with Crippen LogP contribution in [0.15, 0.2) is 36.7 Å². The van der Waals surface area contributed by atoms with Gasteiger partial charge in [-0.25, -0.2) is 0 Å². The summed E-state index contributed by atoms with van der Waals surface area (Å²) in [6, 6.07) is 3.76. The molecule has 0 atom stereocenters. The Kier molecular flexibility index (Phi) is 15.4. The summed E-state index contributed by atoms with van der Waals surface area (Å²) in [4.78, 5) is 15.7. The number of nitrogens with zero attached hydrogens (tertiary/aromatic N) is 1. The van der Waals surface area contributed by atoms with Gasteiger partial charge < -0.3 is 4.74 Å². The number of allylic oxidation sites excluding steroid dienone is 2. The molecule has 0 aliphatic carbocycles. The number of esters is 1. The van der Waals surface area contributed by atoms with E-state index in [9.17, 15) is 4.79 Å². The Morgan fingerprint density at radius 2 is 1.56 bits per heavy atom. The number of rotatable bonds is 17.